The molecule has 0 aliphatic heterocycles. The van der Waals surface area contributed by atoms with Crippen LogP contribution in [0.2, 0.25) is 0 Å². The highest BCUT2D eigenvalue weighted by Gasteiger charge is 2.25. The summed E-state index contributed by atoms with van der Waals surface area (Å²) in [6.45, 7) is 6.58. The summed E-state index contributed by atoms with van der Waals surface area (Å²) in [4.78, 5) is 0. The molecule has 18 heavy (non-hydrogen) atoms. The third kappa shape index (κ3) is 3.05. The van der Waals surface area contributed by atoms with Crippen LogP contribution in [-0.2, 0) is 0 Å². The number of benzene rings is 1. The van der Waals surface area contributed by atoms with Gasteiger partial charge >= 0.3 is 0 Å². The zero-order valence-electron chi connectivity index (χ0n) is 12.0. The predicted molar refractivity (Wildman–Crippen MR) is 76.4 cm³/mol. The van der Waals surface area contributed by atoms with Gasteiger partial charge in [0.05, 0.1) is 0 Å². The van der Waals surface area contributed by atoms with E-state index in [0.29, 0.717) is 18.1 Å². The Labute approximate surface area is 111 Å². The molecular weight excluding hydrogens is 222 g/mol. The van der Waals surface area contributed by atoms with Gasteiger partial charge in [0, 0.05) is 6.04 Å². The lowest BCUT2D eigenvalue weighted by Crippen LogP contribution is -2.23. The van der Waals surface area contributed by atoms with E-state index < -0.39 is 0 Å². The first-order valence-electron chi connectivity index (χ1n) is 7.04. The second-order valence-corrected chi connectivity index (χ2v) is 5.73. The molecule has 1 fully saturated rings. The van der Waals surface area contributed by atoms with Crippen LogP contribution in [0.3, 0.4) is 0 Å². The molecule has 0 amide bonds. The van der Waals surface area contributed by atoms with Gasteiger partial charge in [-0.15, -0.1) is 0 Å². The van der Waals surface area contributed by atoms with E-state index in [0.717, 1.165) is 18.6 Å². The molecular formula is C16H25NO. The van der Waals surface area contributed by atoms with Gasteiger partial charge in [-0.1, -0.05) is 26.0 Å². The average Bonchev–Trinajstić information content (AvgIpc) is 2.76. The summed E-state index contributed by atoms with van der Waals surface area (Å²) in [5.41, 5.74) is 2.60. The van der Waals surface area contributed by atoms with Crippen LogP contribution in [0, 0.1) is 6.92 Å². The van der Waals surface area contributed by atoms with Crippen LogP contribution in [0.4, 0.5) is 0 Å². The van der Waals surface area contributed by atoms with Gasteiger partial charge in [0.2, 0.25) is 0 Å². The van der Waals surface area contributed by atoms with Gasteiger partial charge in [0.1, 0.15) is 11.9 Å². The van der Waals surface area contributed by atoms with Crippen LogP contribution >= 0.6 is 0 Å². The first-order chi connectivity index (χ1) is 8.60. The first kappa shape index (κ1) is 13.4. The summed E-state index contributed by atoms with van der Waals surface area (Å²) >= 11 is 0. The van der Waals surface area contributed by atoms with E-state index in [4.69, 9.17) is 4.74 Å². The minimum absolute atomic E-state index is 0.377. The van der Waals surface area contributed by atoms with Crippen molar-refractivity contribution in [1.82, 2.24) is 5.32 Å². The van der Waals surface area contributed by atoms with Crippen molar-refractivity contribution >= 4 is 0 Å². The van der Waals surface area contributed by atoms with Gasteiger partial charge in [-0.3, -0.25) is 0 Å². The third-order valence-corrected chi connectivity index (χ3v) is 3.88. The third-order valence-electron chi connectivity index (χ3n) is 3.88. The lowest BCUT2D eigenvalue weighted by Gasteiger charge is -2.19. The lowest BCUT2D eigenvalue weighted by molar-refractivity contribution is 0.204. The molecule has 1 aliphatic carbocycles. The van der Waals surface area contributed by atoms with Crippen LogP contribution in [0.15, 0.2) is 18.2 Å². The monoisotopic (exact) mass is 247 g/mol. The topological polar surface area (TPSA) is 21.3 Å². The highest BCUT2D eigenvalue weighted by atomic mass is 16.5. The maximum atomic E-state index is 6.24. The Hall–Kier alpha value is -1.02. The summed E-state index contributed by atoms with van der Waals surface area (Å²) in [5.74, 6) is 1.61. The van der Waals surface area contributed by atoms with Crippen molar-refractivity contribution in [2.75, 3.05) is 7.05 Å². The van der Waals surface area contributed by atoms with Gasteiger partial charge in [-0.25, -0.2) is 0 Å². The van der Waals surface area contributed by atoms with Crippen molar-refractivity contribution in [2.24, 2.45) is 0 Å². The molecule has 2 rings (SSSR count). The number of aryl methyl sites for hydroxylation is 1. The van der Waals surface area contributed by atoms with Crippen molar-refractivity contribution < 1.29 is 4.74 Å². The zero-order chi connectivity index (χ0) is 13.1. The summed E-state index contributed by atoms with van der Waals surface area (Å²) < 4.78 is 6.24. The molecule has 1 aromatic rings. The van der Waals surface area contributed by atoms with E-state index in [1.165, 1.54) is 17.5 Å². The molecule has 100 valence electrons. The van der Waals surface area contributed by atoms with Crippen LogP contribution in [0.5, 0.6) is 5.75 Å². The normalized spacial score (nSPS) is 23.6. The van der Waals surface area contributed by atoms with E-state index in [1.807, 2.05) is 7.05 Å². The van der Waals surface area contributed by atoms with Crippen molar-refractivity contribution in [3.05, 3.63) is 29.3 Å². The van der Waals surface area contributed by atoms with Gasteiger partial charge in [-0.05, 0) is 56.3 Å². The van der Waals surface area contributed by atoms with Crippen molar-refractivity contribution in [3.63, 3.8) is 0 Å². The molecule has 0 heterocycles. The molecule has 0 bridgehead atoms. The highest BCUT2D eigenvalue weighted by molar-refractivity contribution is 5.39. The van der Waals surface area contributed by atoms with Gasteiger partial charge in [0.15, 0.2) is 0 Å². The molecule has 1 N–H and O–H groups in total. The Morgan fingerprint density at radius 2 is 2.06 bits per heavy atom. The maximum Gasteiger partial charge on any atom is 0.123 e. The zero-order valence-corrected chi connectivity index (χ0v) is 12.0. The number of hydrogen-bond acceptors (Lipinski definition) is 2. The fourth-order valence-corrected chi connectivity index (χ4v) is 2.71. The van der Waals surface area contributed by atoms with E-state index >= 15 is 0 Å². The molecule has 1 aliphatic rings. The van der Waals surface area contributed by atoms with E-state index in [2.05, 4.69) is 44.3 Å². The Kier molecular flexibility index (Phi) is 4.28. The average molecular weight is 247 g/mol. The van der Waals surface area contributed by atoms with Gasteiger partial charge in [0.25, 0.3) is 0 Å². The van der Waals surface area contributed by atoms with Gasteiger partial charge in [-0.2, -0.15) is 0 Å². The van der Waals surface area contributed by atoms with Crippen LogP contribution in [0.1, 0.15) is 50.2 Å². The fourth-order valence-electron chi connectivity index (χ4n) is 2.71. The molecule has 2 heteroatoms. The largest absolute Gasteiger partial charge is 0.490 e. The summed E-state index contributed by atoms with van der Waals surface area (Å²) in [6.07, 6.45) is 3.89. The Balaban J connectivity index is 2.11. The molecule has 1 saturated carbocycles. The molecule has 2 unspecified atom stereocenters. The molecule has 0 spiro atoms. The van der Waals surface area contributed by atoms with Crippen LogP contribution < -0.4 is 10.1 Å². The van der Waals surface area contributed by atoms with Crippen molar-refractivity contribution in [3.8, 4) is 5.75 Å². The quantitative estimate of drug-likeness (QED) is 0.877. The molecule has 0 radical (unpaired) electrons. The second kappa shape index (κ2) is 5.75. The number of hydrogen-bond donors (Lipinski definition) is 1. The standard InChI is InChI=1S/C16H25NO/c1-11(2)15-8-5-12(3)9-16(15)18-14-7-6-13(10-14)17-4/h5,8-9,11,13-14,17H,6-7,10H2,1-4H3. The number of nitrogens with one attached hydrogen (secondary N) is 1. The fraction of sp³-hybridized carbons (Fsp3) is 0.625. The summed E-state index contributed by atoms with van der Waals surface area (Å²) in [7, 11) is 2.04. The van der Waals surface area contributed by atoms with Crippen molar-refractivity contribution in [1.29, 1.82) is 0 Å². The SMILES string of the molecule is CNC1CCC(Oc2cc(C)ccc2C(C)C)C1. The van der Waals surface area contributed by atoms with Gasteiger partial charge < -0.3 is 10.1 Å². The Morgan fingerprint density at radius 3 is 2.67 bits per heavy atom. The van der Waals surface area contributed by atoms with Crippen molar-refractivity contribution in [2.45, 2.75) is 58.1 Å². The maximum absolute atomic E-state index is 6.24. The number of rotatable bonds is 4. The second-order valence-electron chi connectivity index (χ2n) is 5.73. The Bertz CT molecular complexity index is 400. The van der Waals surface area contributed by atoms with Crippen LogP contribution in [0.25, 0.3) is 0 Å². The smallest absolute Gasteiger partial charge is 0.123 e. The molecule has 0 aromatic heterocycles. The van der Waals surface area contributed by atoms with E-state index in [-0.39, 0.29) is 0 Å². The molecule has 2 atom stereocenters. The summed E-state index contributed by atoms with van der Waals surface area (Å²) in [5, 5.41) is 3.35. The summed E-state index contributed by atoms with van der Waals surface area (Å²) in [6, 6.07) is 7.19. The Morgan fingerprint density at radius 1 is 1.28 bits per heavy atom. The predicted octanol–water partition coefficient (Wildman–Crippen LogP) is 3.64. The molecule has 1 aromatic carbocycles. The lowest BCUT2D eigenvalue weighted by atomic mass is 10.0. The van der Waals surface area contributed by atoms with E-state index in [9.17, 15) is 0 Å². The molecule has 2 nitrogen and oxygen atoms in total. The first-order valence-corrected chi connectivity index (χ1v) is 7.04. The van der Waals surface area contributed by atoms with E-state index in [1.54, 1.807) is 0 Å². The number of ether oxygens (including phenoxy) is 1. The molecule has 0 saturated heterocycles. The van der Waals surface area contributed by atoms with Crippen LogP contribution in [-0.4, -0.2) is 19.2 Å². The minimum Gasteiger partial charge on any atom is -0.490 e. The minimum atomic E-state index is 0.377. The highest BCUT2D eigenvalue weighted by Crippen LogP contribution is 2.31.